The number of rotatable bonds is 9. The molecule has 3 heterocycles. The minimum absolute atomic E-state index is 0.123. The standard InChI is InChI=1S/C27H22N4O6/c1-17-21(28-27(37-17)23-9-6-12-35-23)16-36-22-11-10-18(13-24(22)34-2)26(33)29-25-19(15-32)14-31(30-25)20-7-4-3-5-8-20/h3-15H,16H2,1-2H3,(H,29,30,33). The molecule has 0 aliphatic carbocycles. The molecule has 3 aromatic heterocycles. The molecule has 0 radical (unpaired) electrons. The number of aryl methyl sites for hydroxylation is 1. The van der Waals surface area contributed by atoms with Crippen molar-refractivity contribution >= 4 is 18.0 Å². The summed E-state index contributed by atoms with van der Waals surface area (Å²) in [6, 6.07) is 17.5. The molecule has 0 atom stereocenters. The normalized spacial score (nSPS) is 10.8. The van der Waals surface area contributed by atoms with Crippen LogP contribution in [0.4, 0.5) is 5.82 Å². The Hall–Kier alpha value is -5.12. The second kappa shape index (κ2) is 10.2. The number of carbonyl (C=O) groups is 2. The number of para-hydroxylation sites is 1. The van der Waals surface area contributed by atoms with E-state index in [1.165, 1.54) is 11.8 Å². The van der Waals surface area contributed by atoms with Crippen molar-refractivity contribution in [3.63, 3.8) is 0 Å². The van der Waals surface area contributed by atoms with Gasteiger partial charge in [0.25, 0.3) is 11.8 Å². The summed E-state index contributed by atoms with van der Waals surface area (Å²) >= 11 is 0. The van der Waals surface area contributed by atoms with Crippen LogP contribution < -0.4 is 14.8 Å². The molecular weight excluding hydrogens is 476 g/mol. The number of aldehydes is 1. The van der Waals surface area contributed by atoms with E-state index in [0.717, 1.165) is 5.69 Å². The SMILES string of the molecule is COc1cc(C(=O)Nc2nn(-c3ccccc3)cc2C=O)ccc1OCc1nc(-c2ccco2)oc1C. The van der Waals surface area contributed by atoms with Crippen molar-refractivity contribution in [3.05, 3.63) is 95.7 Å². The van der Waals surface area contributed by atoms with Crippen LogP contribution in [-0.4, -0.2) is 34.1 Å². The van der Waals surface area contributed by atoms with Gasteiger partial charge in [0.2, 0.25) is 0 Å². The molecule has 5 rings (SSSR count). The van der Waals surface area contributed by atoms with Gasteiger partial charge in [-0.05, 0) is 49.4 Å². The van der Waals surface area contributed by atoms with Crippen LogP contribution >= 0.6 is 0 Å². The third-order valence-corrected chi connectivity index (χ3v) is 5.54. The molecule has 37 heavy (non-hydrogen) atoms. The van der Waals surface area contributed by atoms with Crippen LogP contribution in [-0.2, 0) is 6.61 Å². The van der Waals surface area contributed by atoms with Gasteiger partial charge in [0.05, 0.1) is 24.6 Å². The van der Waals surface area contributed by atoms with E-state index in [1.807, 2.05) is 30.3 Å². The number of ether oxygens (including phenoxy) is 2. The van der Waals surface area contributed by atoms with Crippen molar-refractivity contribution in [1.29, 1.82) is 0 Å². The molecule has 5 aromatic rings. The summed E-state index contributed by atoms with van der Waals surface area (Å²) in [4.78, 5) is 28.9. The second-order valence-electron chi connectivity index (χ2n) is 7.94. The Morgan fingerprint density at radius 1 is 1.11 bits per heavy atom. The molecule has 0 fully saturated rings. The lowest BCUT2D eigenvalue weighted by Crippen LogP contribution is -2.14. The molecule has 2 aromatic carbocycles. The number of amides is 1. The van der Waals surface area contributed by atoms with Crippen molar-refractivity contribution in [2.75, 3.05) is 12.4 Å². The fraction of sp³-hybridized carbons (Fsp3) is 0.111. The number of hydrogen-bond acceptors (Lipinski definition) is 8. The van der Waals surface area contributed by atoms with Crippen LogP contribution in [0.15, 0.2) is 82.0 Å². The fourth-order valence-corrected chi connectivity index (χ4v) is 3.61. The number of methoxy groups -OCH3 is 1. The van der Waals surface area contributed by atoms with Gasteiger partial charge in [0.1, 0.15) is 18.1 Å². The van der Waals surface area contributed by atoms with Crippen molar-refractivity contribution in [1.82, 2.24) is 14.8 Å². The van der Waals surface area contributed by atoms with Crippen LogP contribution in [0.2, 0.25) is 0 Å². The van der Waals surface area contributed by atoms with Crippen molar-refractivity contribution in [2.24, 2.45) is 0 Å². The quantitative estimate of drug-likeness (QED) is 0.279. The average Bonchev–Trinajstić information content (AvgIpc) is 3.68. The van der Waals surface area contributed by atoms with Gasteiger partial charge in [-0.25, -0.2) is 9.67 Å². The van der Waals surface area contributed by atoms with Crippen LogP contribution in [0.1, 0.15) is 32.2 Å². The largest absolute Gasteiger partial charge is 0.493 e. The first-order chi connectivity index (χ1) is 18.1. The molecule has 1 amide bonds. The van der Waals surface area contributed by atoms with Gasteiger partial charge in [0.15, 0.2) is 29.4 Å². The fourth-order valence-electron chi connectivity index (χ4n) is 3.61. The summed E-state index contributed by atoms with van der Waals surface area (Å²) in [6.07, 6.45) is 3.74. The Balaban J connectivity index is 1.30. The number of anilines is 1. The molecule has 0 aliphatic rings. The number of oxazole rings is 1. The van der Waals surface area contributed by atoms with E-state index in [0.29, 0.717) is 46.5 Å². The summed E-state index contributed by atoms with van der Waals surface area (Å²) in [7, 11) is 1.48. The molecule has 0 spiro atoms. The van der Waals surface area contributed by atoms with Gasteiger partial charge in [-0.2, -0.15) is 0 Å². The van der Waals surface area contributed by atoms with E-state index in [2.05, 4.69) is 15.4 Å². The van der Waals surface area contributed by atoms with E-state index in [-0.39, 0.29) is 18.0 Å². The van der Waals surface area contributed by atoms with Crippen LogP contribution in [0, 0.1) is 6.92 Å². The van der Waals surface area contributed by atoms with E-state index in [4.69, 9.17) is 18.3 Å². The highest BCUT2D eigenvalue weighted by Gasteiger charge is 2.18. The molecule has 10 nitrogen and oxygen atoms in total. The number of carbonyl (C=O) groups excluding carboxylic acids is 2. The zero-order valence-corrected chi connectivity index (χ0v) is 20.0. The number of nitrogens with zero attached hydrogens (tertiary/aromatic N) is 3. The number of benzene rings is 2. The zero-order valence-electron chi connectivity index (χ0n) is 20.0. The monoisotopic (exact) mass is 498 g/mol. The zero-order chi connectivity index (χ0) is 25.8. The molecule has 1 N–H and O–H groups in total. The van der Waals surface area contributed by atoms with Gasteiger partial charge < -0.3 is 23.6 Å². The first-order valence-electron chi connectivity index (χ1n) is 11.3. The maximum absolute atomic E-state index is 12.9. The number of nitrogens with one attached hydrogen (secondary N) is 1. The molecule has 0 bridgehead atoms. The minimum Gasteiger partial charge on any atom is -0.493 e. The molecule has 0 aliphatic heterocycles. The van der Waals surface area contributed by atoms with Gasteiger partial charge in [-0.3, -0.25) is 9.59 Å². The molecule has 0 unspecified atom stereocenters. The Morgan fingerprint density at radius 3 is 2.68 bits per heavy atom. The third-order valence-electron chi connectivity index (χ3n) is 5.54. The van der Waals surface area contributed by atoms with Crippen molar-refractivity contribution < 1.29 is 27.9 Å². The van der Waals surface area contributed by atoms with Crippen LogP contribution in [0.5, 0.6) is 11.5 Å². The smallest absolute Gasteiger partial charge is 0.263 e. The molecular formula is C27H22N4O6. The Morgan fingerprint density at radius 2 is 1.95 bits per heavy atom. The maximum Gasteiger partial charge on any atom is 0.263 e. The summed E-state index contributed by atoms with van der Waals surface area (Å²) in [5, 5.41) is 7.03. The lowest BCUT2D eigenvalue weighted by Gasteiger charge is -2.11. The Labute approximate surface area is 211 Å². The first-order valence-corrected chi connectivity index (χ1v) is 11.3. The summed E-state index contributed by atoms with van der Waals surface area (Å²) in [5.74, 6) is 1.95. The topological polar surface area (TPSA) is 122 Å². The predicted octanol–water partition coefficient (Wildman–Crippen LogP) is 5.08. The number of aromatic nitrogens is 3. The van der Waals surface area contributed by atoms with Gasteiger partial charge in [-0.1, -0.05) is 18.2 Å². The van der Waals surface area contributed by atoms with Crippen molar-refractivity contribution in [3.8, 4) is 28.8 Å². The molecule has 0 saturated heterocycles. The Kier molecular flexibility index (Phi) is 6.54. The predicted molar refractivity (Wildman–Crippen MR) is 133 cm³/mol. The first kappa shape index (κ1) is 23.6. The third kappa shape index (κ3) is 4.98. The second-order valence-corrected chi connectivity index (χ2v) is 7.94. The summed E-state index contributed by atoms with van der Waals surface area (Å²) in [5.41, 5.74) is 1.91. The van der Waals surface area contributed by atoms with Gasteiger partial charge >= 0.3 is 0 Å². The lowest BCUT2D eigenvalue weighted by molar-refractivity contribution is 0.102. The van der Waals surface area contributed by atoms with Crippen molar-refractivity contribution in [2.45, 2.75) is 13.5 Å². The molecule has 10 heteroatoms. The highest BCUT2D eigenvalue weighted by molar-refractivity contribution is 6.06. The van der Waals surface area contributed by atoms with E-state index >= 15 is 0 Å². The van der Waals surface area contributed by atoms with Gasteiger partial charge in [0, 0.05) is 11.8 Å². The Bertz CT molecular complexity index is 1540. The van der Waals surface area contributed by atoms with Crippen LogP contribution in [0.25, 0.3) is 17.3 Å². The van der Waals surface area contributed by atoms with E-state index in [1.54, 1.807) is 49.7 Å². The lowest BCUT2D eigenvalue weighted by atomic mass is 10.2. The van der Waals surface area contributed by atoms with Gasteiger partial charge in [-0.15, -0.1) is 5.10 Å². The summed E-state index contributed by atoms with van der Waals surface area (Å²) < 4.78 is 23.8. The highest BCUT2D eigenvalue weighted by atomic mass is 16.5. The number of hydrogen-bond donors (Lipinski definition) is 1. The van der Waals surface area contributed by atoms with Crippen LogP contribution in [0.3, 0.4) is 0 Å². The molecule has 186 valence electrons. The van der Waals surface area contributed by atoms with E-state index in [9.17, 15) is 9.59 Å². The minimum atomic E-state index is -0.457. The van der Waals surface area contributed by atoms with E-state index < -0.39 is 5.91 Å². The molecule has 0 saturated carbocycles. The summed E-state index contributed by atoms with van der Waals surface area (Å²) in [6.45, 7) is 1.91. The average molecular weight is 498 g/mol. The number of furan rings is 1. The maximum atomic E-state index is 12.9. The highest BCUT2D eigenvalue weighted by Crippen LogP contribution is 2.30.